The van der Waals surface area contributed by atoms with Crippen LogP contribution in [0.4, 0.5) is 4.79 Å². The monoisotopic (exact) mass is 335 g/mol. The number of benzene rings is 1. The molecule has 0 spiro atoms. The number of hydroxylamine groups is 2. The molecule has 1 saturated heterocycles. The van der Waals surface area contributed by atoms with Crippen LogP contribution in [0.5, 0.6) is 0 Å². The fourth-order valence-electron chi connectivity index (χ4n) is 2.62. The summed E-state index contributed by atoms with van der Waals surface area (Å²) in [4.78, 5) is 33.7. The van der Waals surface area contributed by atoms with Crippen LogP contribution in [0.15, 0.2) is 30.3 Å². The minimum absolute atomic E-state index is 0.189. The Labute approximate surface area is 142 Å². The zero-order valence-electron chi connectivity index (χ0n) is 14.5. The van der Waals surface area contributed by atoms with Crippen LogP contribution in [0.1, 0.15) is 12.5 Å². The number of nitrogens with zero attached hydrogens (tertiary/aromatic N) is 3. The Morgan fingerprint density at radius 2 is 1.96 bits per heavy atom. The van der Waals surface area contributed by atoms with Crippen LogP contribution in [0.25, 0.3) is 0 Å². The van der Waals surface area contributed by atoms with Gasteiger partial charge in [-0.1, -0.05) is 30.3 Å². The lowest BCUT2D eigenvalue weighted by Crippen LogP contribution is -2.60. The van der Waals surface area contributed by atoms with Gasteiger partial charge in [0.05, 0.1) is 6.61 Å². The van der Waals surface area contributed by atoms with Gasteiger partial charge in [0.15, 0.2) is 0 Å². The number of amides is 2. The first-order chi connectivity index (χ1) is 11.5. The molecule has 2 rings (SSSR count). The van der Waals surface area contributed by atoms with E-state index in [1.54, 1.807) is 7.05 Å². The third-order valence-corrected chi connectivity index (χ3v) is 3.94. The largest absolute Gasteiger partial charge is 0.445 e. The van der Waals surface area contributed by atoms with E-state index in [1.165, 1.54) is 9.96 Å². The second kappa shape index (κ2) is 8.65. The molecule has 0 N–H and O–H groups in total. The molecule has 1 aliphatic heterocycles. The predicted octanol–water partition coefficient (Wildman–Crippen LogP) is 1.35. The summed E-state index contributed by atoms with van der Waals surface area (Å²) < 4.78 is 5.38. The van der Waals surface area contributed by atoms with Gasteiger partial charge in [0.2, 0.25) is 0 Å². The van der Waals surface area contributed by atoms with Gasteiger partial charge in [-0.25, -0.2) is 9.86 Å². The highest BCUT2D eigenvalue weighted by atomic mass is 16.7. The number of carbonyl (C=O) groups excluding carboxylic acids is 2. The third-order valence-electron chi connectivity index (χ3n) is 3.94. The minimum atomic E-state index is -0.608. The zero-order chi connectivity index (χ0) is 17.5. The normalized spacial score (nSPS) is 18.3. The number of hydrogen-bond donors (Lipinski definition) is 0. The molecule has 1 aromatic rings. The maximum absolute atomic E-state index is 12.5. The van der Waals surface area contributed by atoms with Gasteiger partial charge >= 0.3 is 6.09 Å². The number of piperazine rings is 1. The molecule has 0 unspecified atom stereocenters. The van der Waals surface area contributed by atoms with Crippen LogP contribution in [-0.2, 0) is 21.0 Å². The summed E-state index contributed by atoms with van der Waals surface area (Å²) in [5.74, 6) is -0.250. The molecule has 0 bridgehead atoms. The molecule has 0 saturated carbocycles. The molecule has 132 valence electrons. The van der Waals surface area contributed by atoms with Crippen LogP contribution >= 0.6 is 0 Å². The summed E-state index contributed by atoms with van der Waals surface area (Å²) in [7, 11) is 3.49. The van der Waals surface area contributed by atoms with Gasteiger partial charge in [-0.05, 0) is 19.5 Å². The van der Waals surface area contributed by atoms with Gasteiger partial charge < -0.3 is 9.64 Å². The van der Waals surface area contributed by atoms with Crippen molar-refractivity contribution in [1.29, 1.82) is 0 Å². The van der Waals surface area contributed by atoms with Crippen molar-refractivity contribution in [1.82, 2.24) is 14.9 Å². The third kappa shape index (κ3) is 4.69. The zero-order valence-corrected chi connectivity index (χ0v) is 14.5. The molecule has 1 fully saturated rings. The van der Waals surface area contributed by atoms with E-state index < -0.39 is 12.1 Å². The van der Waals surface area contributed by atoms with Crippen molar-refractivity contribution >= 4 is 12.0 Å². The van der Waals surface area contributed by atoms with Gasteiger partial charge in [-0.2, -0.15) is 0 Å². The highest BCUT2D eigenvalue weighted by molar-refractivity contribution is 5.85. The summed E-state index contributed by atoms with van der Waals surface area (Å²) >= 11 is 0. The number of rotatable bonds is 5. The molecule has 0 aromatic heterocycles. The van der Waals surface area contributed by atoms with Crippen LogP contribution < -0.4 is 0 Å². The first kappa shape index (κ1) is 18.2. The molecule has 1 heterocycles. The average Bonchev–Trinajstić information content (AvgIpc) is 2.60. The van der Waals surface area contributed by atoms with Crippen LogP contribution in [-0.4, -0.2) is 73.2 Å². The van der Waals surface area contributed by atoms with Crippen molar-refractivity contribution < 1.29 is 19.2 Å². The predicted molar refractivity (Wildman–Crippen MR) is 89.0 cm³/mol. The van der Waals surface area contributed by atoms with Crippen LogP contribution in [0.3, 0.4) is 0 Å². The van der Waals surface area contributed by atoms with Gasteiger partial charge in [-0.3, -0.25) is 14.5 Å². The Morgan fingerprint density at radius 3 is 2.62 bits per heavy atom. The van der Waals surface area contributed by atoms with Gasteiger partial charge in [-0.15, -0.1) is 0 Å². The topological polar surface area (TPSA) is 62.3 Å². The number of carbonyl (C=O) groups is 2. The highest BCUT2D eigenvalue weighted by Gasteiger charge is 2.37. The van der Waals surface area contributed by atoms with Crippen molar-refractivity contribution in [2.75, 3.05) is 40.3 Å². The van der Waals surface area contributed by atoms with E-state index in [0.29, 0.717) is 26.2 Å². The summed E-state index contributed by atoms with van der Waals surface area (Å²) in [6.45, 7) is 3.99. The van der Waals surface area contributed by atoms with E-state index in [4.69, 9.17) is 9.57 Å². The first-order valence-electron chi connectivity index (χ1n) is 8.09. The first-order valence-corrected chi connectivity index (χ1v) is 8.09. The maximum Gasteiger partial charge on any atom is 0.410 e. The minimum Gasteiger partial charge on any atom is -0.445 e. The summed E-state index contributed by atoms with van der Waals surface area (Å²) in [6.07, 6.45) is -0.477. The van der Waals surface area contributed by atoms with E-state index in [9.17, 15) is 9.59 Å². The van der Waals surface area contributed by atoms with E-state index in [1.807, 2.05) is 49.2 Å². The molecule has 2 amide bonds. The lowest BCUT2D eigenvalue weighted by molar-refractivity contribution is -0.183. The molecule has 0 radical (unpaired) electrons. The molecule has 0 aliphatic carbocycles. The van der Waals surface area contributed by atoms with Crippen molar-refractivity contribution in [2.45, 2.75) is 19.6 Å². The summed E-state index contributed by atoms with van der Waals surface area (Å²) in [6, 6.07) is 8.86. The molecule has 1 aromatic carbocycles. The van der Waals surface area contributed by atoms with Gasteiger partial charge in [0.1, 0.15) is 12.6 Å². The van der Waals surface area contributed by atoms with E-state index >= 15 is 0 Å². The number of likely N-dealkylation sites (N-methyl/N-ethyl adjacent to an activating group) is 2. The fourth-order valence-corrected chi connectivity index (χ4v) is 2.62. The SMILES string of the molecule is CCON(C)C(=O)[C@@H]1CN(C)CCN1C(=O)OCc1ccccc1. The Hall–Kier alpha value is -2.12. The molecule has 24 heavy (non-hydrogen) atoms. The standard InChI is InChI=1S/C17H25N3O4/c1-4-24-19(3)16(21)15-12-18(2)10-11-20(15)17(22)23-13-14-8-6-5-7-9-14/h5-9,15H,4,10-13H2,1-3H3/t15-/m0/s1. The highest BCUT2D eigenvalue weighted by Crippen LogP contribution is 2.14. The Balaban J connectivity index is 2.01. The second-order valence-electron chi connectivity index (χ2n) is 5.77. The Bertz CT molecular complexity index is 552. The van der Waals surface area contributed by atoms with Gasteiger partial charge in [0.25, 0.3) is 5.91 Å². The number of hydrogen-bond acceptors (Lipinski definition) is 5. The smallest absolute Gasteiger partial charge is 0.410 e. The lowest BCUT2D eigenvalue weighted by Gasteiger charge is -2.39. The second-order valence-corrected chi connectivity index (χ2v) is 5.77. The molecule has 1 atom stereocenters. The van der Waals surface area contributed by atoms with Crippen molar-refractivity contribution in [2.24, 2.45) is 0 Å². The summed E-state index contributed by atoms with van der Waals surface area (Å²) in [5, 5.41) is 1.20. The lowest BCUT2D eigenvalue weighted by atomic mass is 10.1. The van der Waals surface area contributed by atoms with Crippen molar-refractivity contribution in [3.8, 4) is 0 Å². The summed E-state index contributed by atoms with van der Waals surface area (Å²) in [5.41, 5.74) is 0.911. The van der Waals surface area contributed by atoms with Crippen molar-refractivity contribution in [3.63, 3.8) is 0 Å². The molecular weight excluding hydrogens is 310 g/mol. The fraction of sp³-hybridized carbons (Fsp3) is 0.529. The average molecular weight is 335 g/mol. The Kier molecular flexibility index (Phi) is 6.57. The molecule has 1 aliphatic rings. The Morgan fingerprint density at radius 1 is 1.25 bits per heavy atom. The van der Waals surface area contributed by atoms with Crippen molar-refractivity contribution in [3.05, 3.63) is 35.9 Å². The van der Waals surface area contributed by atoms with E-state index in [0.717, 1.165) is 5.56 Å². The molecule has 7 nitrogen and oxygen atoms in total. The molecule has 7 heteroatoms. The van der Waals surface area contributed by atoms with E-state index in [2.05, 4.69) is 0 Å². The van der Waals surface area contributed by atoms with Crippen LogP contribution in [0, 0.1) is 0 Å². The molecular formula is C17H25N3O4. The number of ether oxygens (including phenoxy) is 1. The van der Waals surface area contributed by atoms with Gasteiger partial charge in [0, 0.05) is 26.7 Å². The van der Waals surface area contributed by atoms with Crippen LogP contribution in [0.2, 0.25) is 0 Å². The van der Waals surface area contributed by atoms with E-state index in [-0.39, 0.29) is 12.5 Å². The quantitative estimate of drug-likeness (QED) is 0.760. The maximum atomic E-state index is 12.5.